The van der Waals surface area contributed by atoms with Crippen molar-refractivity contribution in [3.05, 3.63) is 0 Å². The van der Waals surface area contributed by atoms with Gasteiger partial charge >= 0.3 is 6.03 Å². The monoisotopic (exact) mass is 253 g/mol. The molecule has 4 heteroatoms. The molecule has 104 valence electrons. The fourth-order valence-corrected chi connectivity index (χ4v) is 3.26. The van der Waals surface area contributed by atoms with Crippen molar-refractivity contribution in [1.82, 2.24) is 15.1 Å². The first-order valence-corrected chi connectivity index (χ1v) is 7.53. The zero-order valence-corrected chi connectivity index (χ0v) is 11.8. The van der Waals surface area contributed by atoms with Gasteiger partial charge in [0.2, 0.25) is 0 Å². The first-order valence-electron chi connectivity index (χ1n) is 7.53. The molecule has 0 saturated carbocycles. The van der Waals surface area contributed by atoms with Gasteiger partial charge in [0, 0.05) is 32.2 Å². The Kier molecular flexibility index (Phi) is 4.87. The predicted molar refractivity (Wildman–Crippen MR) is 73.6 cm³/mol. The van der Waals surface area contributed by atoms with Crippen LogP contribution in [0.1, 0.15) is 39.5 Å². The average Bonchev–Trinajstić information content (AvgIpc) is 2.92. The Bertz CT molecular complexity index is 276. The summed E-state index contributed by atoms with van der Waals surface area (Å²) in [5.41, 5.74) is 0. The lowest BCUT2D eigenvalue weighted by Gasteiger charge is -2.40. The van der Waals surface area contributed by atoms with E-state index in [4.69, 9.17) is 0 Å². The summed E-state index contributed by atoms with van der Waals surface area (Å²) in [5.74, 6) is 0.616. The number of carbonyl (C=O) groups is 1. The third-order valence-corrected chi connectivity index (χ3v) is 4.37. The lowest BCUT2D eigenvalue weighted by atomic mass is 9.90. The number of rotatable bonds is 3. The van der Waals surface area contributed by atoms with Crippen LogP contribution in [0.5, 0.6) is 0 Å². The van der Waals surface area contributed by atoms with Crippen LogP contribution in [0.25, 0.3) is 0 Å². The van der Waals surface area contributed by atoms with Gasteiger partial charge in [0.15, 0.2) is 0 Å². The summed E-state index contributed by atoms with van der Waals surface area (Å²) in [5, 5.41) is 3.56. The van der Waals surface area contributed by atoms with Gasteiger partial charge in [-0.05, 0) is 31.7 Å². The number of nitrogens with one attached hydrogen (secondary N) is 1. The van der Waals surface area contributed by atoms with Crippen LogP contribution in [-0.2, 0) is 0 Å². The second-order valence-corrected chi connectivity index (χ2v) is 5.54. The minimum absolute atomic E-state index is 0.279. The second-order valence-electron chi connectivity index (χ2n) is 5.54. The van der Waals surface area contributed by atoms with Gasteiger partial charge in [0.1, 0.15) is 0 Å². The molecule has 2 unspecified atom stereocenters. The molecule has 18 heavy (non-hydrogen) atoms. The first-order chi connectivity index (χ1) is 8.76. The van der Waals surface area contributed by atoms with Crippen LogP contribution in [0.15, 0.2) is 0 Å². The van der Waals surface area contributed by atoms with Crippen molar-refractivity contribution in [3.8, 4) is 0 Å². The number of amides is 2. The molecule has 2 fully saturated rings. The van der Waals surface area contributed by atoms with Gasteiger partial charge < -0.3 is 15.1 Å². The van der Waals surface area contributed by atoms with Crippen LogP contribution >= 0.6 is 0 Å². The van der Waals surface area contributed by atoms with Gasteiger partial charge in [-0.15, -0.1) is 0 Å². The van der Waals surface area contributed by atoms with Gasteiger partial charge in [-0.3, -0.25) is 0 Å². The number of nitrogens with zero attached hydrogens (tertiary/aromatic N) is 2. The van der Waals surface area contributed by atoms with Gasteiger partial charge in [-0.1, -0.05) is 20.3 Å². The molecule has 2 aliphatic rings. The molecule has 0 spiro atoms. The summed E-state index contributed by atoms with van der Waals surface area (Å²) in [4.78, 5) is 16.5. The van der Waals surface area contributed by atoms with Crippen molar-refractivity contribution in [1.29, 1.82) is 0 Å². The molecular weight excluding hydrogens is 226 g/mol. The van der Waals surface area contributed by atoms with Crippen LogP contribution in [-0.4, -0.2) is 54.6 Å². The highest BCUT2D eigenvalue weighted by molar-refractivity contribution is 5.74. The van der Waals surface area contributed by atoms with Crippen molar-refractivity contribution < 1.29 is 4.79 Å². The normalized spacial score (nSPS) is 28.8. The fourth-order valence-electron chi connectivity index (χ4n) is 3.26. The maximum atomic E-state index is 12.4. The molecule has 2 rings (SSSR count). The van der Waals surface area contributed by atoms with Crippen LogP contribution in [0.3, 0.4) is 0 Å². The van der Waals surface area contributed by atoms with E-state index in [1.807, 2.05) is 4.90 Å². The quantitative estimate of drug-likeness (QED) is 0.834. The molecule has 0 aromatic rings. The molecule has 1 N–H and O–H groups in total. The number of piperidine rings is 1. The Balaban J connectivity index is 1.90. The van der Waals surface area contributed by atoms with Gasteiger partial charge in [-0.2, -0.15) is 0 Å². The highest BCUT2D eigenvalue weighted by Gasteiger charge is 2.32. The van der Waals surface area contributed by atoms with E-state index in [0.29, 0.717) is 12.0 Å². The number of hydrogen-bond acceptors (Lipinski definition) is 2. The van der Waals surface area contributed by atoms with Gasteiger partial charge in [0.05, 0.1) is 0 Å². The Morgan fingerprint density at radius 2 is 1.89 bits per heavy atom. The standard InChI is InChI=1S/C14H27N3O/c1-3-12-11-17(10-7-13(12)15-4-2)14(18)16-8-5-6-9-16/h12-13,15H,3-11H2,1-2H3. The number of hydrogen-bond donors (Lipinski definition) is 1. The Morgan fingerprint density at radius 1 is 1.17 bits per heavy atom. The molecule has 0 aromatic heterocycles. The molecule has 2 atom stereocenters. The summed E-state index contributed by atoms with van der Waals surface area (Å²) in [6, 6.07) is 0.878. The third-order valence-electron chi connectivity index (χ3n) is 4.37. The molecule has 2 aliphatic heterocycles. The highest BCUT2D eigenvalue weighted by atomic mass is 16.2. The van der Waals surface area contributed by atoms with Crippen molar-refractivity contribution in [3.63, 3.8) is 0 Å². The lowest BCUT2D eigenvalue weighted by molar-refractivity contribution is 0.119. The van der Waals surface area contributed by atoms with E-state index in [0.717, 1.165) is 45.6 Å². The van der Waals surface area contributed by atoms with Crippen molar-refractivity contribution in [2.45, 2.75) is 45.6 Å². The molecule has 0 radical (unpaired) electrons. The molecule has 0 bridgehead atoms. The summed E-state index contributed by atoms with van der Waals surface area (Å²) in [6.45, 7) is 9.20. The third kappa shape index (κ3) is 2.97. The second kappa shape index (κ2) is 6.41. The minimum atomic E-state index is 0.279. The molecule has 2 saturated heterocycles. The molecular formula is C14H27N3O. The Morgan fingerprint density at radius 3 is 2.50 bits per heavy atom. The zero-order chi connectivity index (χ0) is 13.0. The van der Waals surface area contributed by atoms with E-state index < -0.39 is 0 Å². The molecule has 2 amide bonds. The maximum Gasteiger partial charge on any atom is 0.320 e. The van der Waals surface area contributed by atoms with Crippen molar-refractivity contribution >= 4 is 6.03 Å². The van der Waals surface area contributed by atoms with E-state index in [-0.39, 0.29) is 6.03 Å². The van der Waals surface area contributed by atoms with Crippen LogP contribution in [0.2, 0.25) is 0 Å². The topological polar surface area (TPSA) is 35.6 Å². The summed E-state index contributed by atoms with van der Waals surface area (Å²) in [6.07, 6.45) is 4.61. The minimum Gasteiger partial charge on any atom is -0.325 e. The summed E-state index contributed by atoms with van der Waals surface area (Å²) < 4.78 is 0. The average molecular weight is 253 g/mol. The van der Waals surface area contributed by atoms with Crippen molar-refractivity contribution in [2.24, 2.45) is 5.92 Å². The summed E-state index contributed by atoms with van der Waals surface area (Å²) >= 11 is 0. The maximum absolute atomic E-state index is 12.4. The van der Waals surface area contributed by atoms with E-state index in [9.17, 15) is 4.79 Å². The molecule has 4 nitrogen and oxygen atoms in total. The summed E-state index contributed by atoms with van der Waals surface area (Å²) in [7, 11) is 0. The van der Waals surface area contributed by atoms with E-state index in [1.54, 1.807) is 0 Å². The van der Waals surface area contributed by atoms with E-state index >= 15 is 0 Å². The Hall–Kier alpha value is -0.770. The predicted octanol–water partition coefficient (Wildman–Crippen LogP) is 1.91. The van der Waals surface area contributed by atoms with Crippen LogP contribution in [0, 0.1) is 5.92 Å². The first kappa shape index (κ1) is 13.7. The van der Waals surface area contributed by atoms with E-state index in [2.05, 4.69) is 24.1 Å². The number of urea groups is 1. The molecule has 2 heterocycles. The van der Waals surface area contributed by atoms with Crippen LogP contribution < -0.4 is 5.32 Å². The van der Waals surface area contributed by atoms with Gasteiger partial charge in [0.25, 0.3) is 0 Å². The Labute approximate surface area is 111 Å². The zero-order valence-electron chi connectivity index (χ0n) is 11.8. The van der Waals surface area contributed by atoms with Gasteiger partial charge in [-0.25, -0.2) is 4.79 Å². The smallest absolute Gasteiger partial charge is 0.320 e. The number of likely N-dealkylation sites (tertiary alicyclic amines) is 2. The van der Waals surface area contributed by atoms with Crippen LogP contribution in [0.4, 0.5) is 4.79 Å². The lowest BCUT2D eigenvalue weighted by Crippen LogP contribution is -2.53. The largest absolute Gasteiger partial charge is 0.325 e. The fraction of sp³-hybridized carbons (Fsp3) is 0.929. The highest BCUT2D eigenvalue weighted by Crippen LogP contribution is 2.22. The SMILES string of the molecule is CCNC1CCN(C(=O)N2CCCC2)CC1CC. The molecule has 0 aliphatic carbocycles. The molecule has 0 aromatic carbocycles. The number of carbonyl (C=O) groups excluding carboxylic acids is 1. The van der Waals surface area contributed by atoms with Crippen molar-refractivity contribution in [2.75, 3.05) is 32.7 Å². The van der Waals surface area contributed by atoms with E-state index in [1.165, 1.54) is 12.8 Å².